The second-order valence-electron chi connectivity index (χ2n) is 9.56. The molecule has 202 valence electrons. The minimum atomic E-state index is -3.93. The molecule has 3 aromatic rings. The number of sulfonamides is 1. The normalized spacial score (nSPS) is 12.4. The van der Waals surface area contributed by atoms with Crippen molar-refractivity contribution in [1.82, 2.24) is 14.5 Å². The molecule has 3 rings (SSSR count). The zero-order chi connectivity index (χ0) is 27.9. The first-order valence-corrected chi connectivity index (χ1v) is 14.2. The van der Waals surface area contributed by atoms with Crippen LogP contribution < -0.4 is 5.32 Å². The molecule has 0 radical (unpaired) electrons. The fraction of sp³-hybridized carbons (Fsp3) is 0.310. The standard InChI is InChI=1S/C29H34ClN3O4S/c1-21(2)31-29(35)27(18-23-10-6-5-7-11-23)33(19-24-12-8-9-13-26(24)30)28(34)20-32(4)38(36,37)25-16-14-22(3)15-17-25/h5-17,21,27H,18-20H2,1-4H3,(H,31,35)/t27-/m0/s1. The Morgan fingerprint density at radius 3 is 2.13 bits per heavy atom. The van der Waals surface area contributed by atoms with E-state index in [9.17, 15) is 18.0 Å². The number of hydrogen-bond donors (Lipinski definition) is 1. The molecule has 9 heteroatoms. The lowest BCUT2D eigenvalue weighted by atomic mass is 10.0. The summed E-state index contributed by atoms with van der Waals surface area (Å²) in [6.45, 7) is 5.16. The van der Waals surface area contributed by atoms with E-state index in [2.05, 4.69) is 5.32 Å². The fourth-order valence-corrected chi connectivity index (χ4v) is 5.32. The monoisotopic (exact) mass is 555 g/mol. The molecule has 38 heavy (non-hydrogen) atoms. The van der Waals surface area contributed by atoms with Gasteiger partial charge in [-0.05, 0) is 50.1 Å². The van der Waals surface area contributed by atoms with Crippen LogP contribution >= 0.6 is 11.6 Å². The Morgan fingerprint density at radius 2 is 1.53 bits per heavy atom. The van der Waals surface area contributed by atoms with Crippen molar-refractivity contribution in [2.24, 2.45) is 0 Å². The van der Waals surface area contributed by atoms with Crippen LogP contribution in [0.4, 0.5) is 0 Å². The highest BCUT2D eigenvalue weighted by atomic mass is 35.5. The van der Waals surface area contributed by atoms with Crippen molar-refractivity contribution in [3.05, 3.63) is 101 Å². The summed E-state index contributed by atoms with van der Waals surface area (Å²) in [7, 11) is -2.57. The van der Waals surface area contributed by atoms with Crippen molar-refractivity contribution in [2.75, 3.05) is 13.6 Å². The van der Waals surface area contributed by atoms with Crippen molar-refractivity contribution in [1.29, 1.82) is 0 Å². The molecule has 1 N–H and O–H groups in total. The molecule has 3 aromatic carbocycles. The molecule has 0 saturated carbocycles. The van der Waals surface area contributed by atoms with E-state index < -0.39 is 28.5 Å². The zero-order valence-corrected chi connectivity index (χ0v) is 23.7. The van der Waals surface area contributed by atoms with Gasteiger partial charge in [0.2, 0.25) is 21.8 Å². The third-order valence-corrected chi connectivity index (χ3v) is 8.27. The summed E-state index contributed by atoms with van der Waals surface area (Å²) < 4.78 is 27.4. The van der Waals surface area contributed by atoms with Gasteiger partial charge in [0.05, 0.1) is 11.4 Å². The number of nitrogens with one attached hydrogen (secondary N) is 1. The number of aryl methyl sites for hydroxylation is 1. The highest BCUT2D eigenvalue weighted by Crippen LogP contribution is 2.22. The molecule has 7 nitrogen and oxygen atoms in total. The Bertz CT molecular complexity index is 1350. The summed E-state index contributed by atoms with van der Waals surface area (Å²) >= 11 is 6.43. The summed E-state index contributed by atoms with van der Waals surface area (Å²) in [4.78, 5) is 28.8. The van der Waals surface area contributed by atoms with Crippen molar-refractivity contribution in [2.45, 2.75) is 50.7 Å². The van der Waals surface area contributed by atoms with Gasteiger partial charge in [-0.15, -0.1) is 0 Å². The van der Waals surface area contributed by atoms with Crippen LogP contribution in [0.5, 0.6) is 0 Å². The Kier molecular flexibility index (Phi) is 10.1. The maximum absolute atomic E-state index is 13.8. The number of nitrogens with zero attached hydrogens (tertiary/aromatic N) is 2. The van der Waals surface area contributed by atoms with Crippen molar-refractivity contribution in [3.8, 4) is 0 Å². The molecule has 2 amide bonds. The summed E-state index contributed by atoms with van der Waals surface area (Å²) in [5.41, 5.74) is 2.45. The number of hydrogen-bond acceptors (Lipinski definition) is 4. The molecule has 0 aromatic heterocycles. The summed E-state index contributed by atoms with van der Waals surface area (Å²) in [5.74, 6) is -0.837. The van der Waals surface area contributed by atoms with Crippen LogP contribution in [0.25, 0.3) is 0 Å². The molecule has 0 saturated heterocycles. The second-order valence-corrected chi connectivity index (χ2v) is 12.0. The average molecular weight is 556 g/mol. The van der Waals surface area contributed by atoms with Crippen LogP contribution in [-0.4, -0.2) is 55.1 Å². The zero-order valence-electron chi connectivity index (χ0n) is 22.1. The molecule has 0 heterocycles. The van der Waals surface area contributed by atoms with E-state index in [4.69, 9.17) is 11.6 Å². The van der Waals surface area contributed by atoms with E-state index in [-0.39, 0.29) is 29.8 Å². The minimum Gasteiger partial charge on any atom is -0.352 e. The lowest BCUT2D eigenvalue weighted by Crippen LogP contribution is -2.54. The van der Waals surface area contributed by atoms with Gasteiger partial charge in [0.1, 0.15) is 6.04 Å². The smallest absolute Gasteiger partial charge is 0.243 e. The number of halogens is 1. The number of carbonyl (C=O) groups is 2. The largest absolute Gasteiger partial charge is 0.352 e. The molecule has 0 bridgehead atoms. The maximum atomic E-state index is 13.8. The van der Waals surface area contributed by atoms with Gasteiger partial charge in [0, 0.05) is 31.1 Å². The topological polar surface area (TPSA) is 86.8 Å². The van der Waals surface area contributed by atoms with E-state index in [0.717, 1.165) is 15.4 Å². The lowest BCUT2D eigenvalue weighted by Gasteiger charge is -2.33. The Morgan fingerprint density at radius 1 is 0.921 bits per heavy atom. The lowest BCUT2D eigenvalue weighted by molar-refractivity contribution is -0.141. The third-order valence-electron chi connectivity index (χ3n) is 6.09. The van der Waals surface area contributed by atoms with Crippen LogP contribution in [0, 0.1) is 6.92 Å². The maximum Gasteiger partial charge on any atom is 0.243 e. The van der Waals surface area contributed by atoms with E-state index in [1.54, 1.807) is 36.4 Å². The average Bonchev–Trinajstić information content (AvgIpc) is 2.87. The molecule has 0 aliphatic rings. The first-order chi connectivity index (χ1) is 18.0. The van der Waals surface area contributed by atoms with E-state index in [1.807, 2.05) is 51.1 Å². The minimum absolute atomic E-state index is 0.0416. The molecule has 1 atom stereocenters. The number of benzene rings is 3. The molecule has 0 unspecified atom stereocenters. The first kappa shape index (κ1) is 29.4. The highest BCUT2D eigenvalue weighted by Gasteiger charge is 2.33. The van der Waals surface area contributed by atoms with Crippen LogP contribution in [0.1, 0.15) is 30.5 Å². The van der Waals surface area contributed by atoms with E-state index >= 15 is 0 Å². The third kappa shape index (κ3) is 7.66. The Labute approximate surface area is 230 Å². The Balaban J connectivity index is 1.98. The predicted molar refractivity (Wildman–Crippen MR) is 150 cm³/mol. The molecule has 0 aliphatic heterocycles. The molecular weight excluding hydrogens is 522 g/mol. The van der Waals surface area contributed by atoms with Gasteiger partial charge in [-0.1, -0.05) is 77.8 Å². The quantitative estimate of drug-likeness (QED) is 0.379. The summed E-state index contributed by atoms with van der Waals surface area (Å²) in [6.07, 6.45) is 0.254. The fourth-order valence-electron chi connectivity index (χ4n) is 4.00. The van der Waals surface area contributed by atoms with Gasteiger partial charge in [-0.2, -0.15) is 4.31 Å². The molecular formula is C29H34ClN3O4S. The van der Waals surface area contributed by atoms with E-state index in [1.165, 1.54) is 24.1 Å². The number of carbonyl (C=O) groups excluding carboxylic acids is 2. The number of amides is 2. The van der Waals surface area contributed by atoms with Gasteiger partial charge < -0.3 is 10.2 Å². The summed E-state index contributed by atoms with van der Waals surface area (Å²) in [5, 5.41) is 3.37. The molecule has 0 fully saturated rings. The van der Waals surface area contributed by atoms with Gasteiger partial charge >= 0.3 is 0 Å². The van der Waals surface area contributed by atoms with Gasteiger partial charge in [-0.25, -0.2) is 8.42 Å². The Hall–Kier alpha value is -3.20. The van der Waals surface area contributed by atoms with Crippen molar-refractivity contribution >= 4 is 33.4 Å². The van der Waals surface area contributed by atoms with Gasteiger partial charge in [-0.3, -0.25) is 9.59 Å². The number of rotatable bonds is 11. The second kappa shape index (κ2) is 13.0. The SMILES string of the molecule is Cc1ccc(S(=O)(=O)N(C)CC(=O)N(Cc2ccccc2Cl)[C@@H](Cc2ccccc2)C(=O)NC(C)C)cc1. The predicted octanol–water partition coefficient (Wildman–Crippen LogP) is 4.43. The van der Waals surface area contributed by atoms with E-state index in [0.29, 0.717) is 10.6 Å². The summed E-state index contributed by atoms with van der Waals surface area (Å²) in [6, 6.07) is 21.9. The van der Waals surface area contributed by atoms with Crippen LogP contribution in [0.15, 0.2) is 83.8 Å². The van der Waals surface area contributed by atoms with Crippen molar-refractivity contribution in [3.63, 3.8) is 0 Å². The van der Waals surface area contributed by atoms with Crippen LogP contribution in [0.2, 0.25) is 5.02 Å². The molecule has 0 spiro atoms. The first-order valence-electron chi connectivity index (χ1n) is 12.4. The van der Waals surface area contributed by atoms with Gasteiger partial charge in [0.25, 0.3) is 0 Å². The van der Waals surface area contributed by atoms with Crippen molar-refractivity contribution < 1.29 is 18.0 Å². The van der Waals surface area contributed by atoms with Crippen LogP contribution in [-0.2, 0) is 32.6 Å². The van der Waals surface area contributed by atoms with Crippen LogP contribution in [0.3, 0.4) is 0 Å². The van der Waals surface area contributed by atoms with Gasteiger partial charge in [0.15, 0.2) is 0 Å². The number of likely N-dealkylation sites (N-methyl/N-ethyl adjacent to an activating group) is 1. The highest BCUT2D eigenvalue weighted by molar-refractivity contribution is 7.89. The molecule has 0 aliphatic carbocycles.